The number of aryl methyl sites for hydroxylation is 2. The third-order valence-electron chi connectivity index (χ3n) is 2.37. The van der Waals surface area contributed by atoms with Crippen molar-refractivity contribution in [2.45, 2.75) is 19.8 Å². The van der Waals surface area contributed by atoms with Crippen LogP contribution >= 0.6 is 0 Å². The van der Waals surface area contributed by atoms with E-state index >= 15 is 0 Å². The van der Waals surface area contributed by atoms with E-state index in [1.165, 1.54) is 4.57 Å². The SMILES string of the molecule is Cc1nccn1C(=O)CCc1nc(N)nc(N)n1. The van der Waals surface area contributed by atoms with E-state index in [-0.39, 0.29) is 24.2 Å². The summed E-state index contributed by atoms with van der Waals surface area (Å²) < 4.78 is 1.48. The highest BCUT2D eigenvalue weighted by Gasteiger charge is 2.09. The molecule has 0 bridgehead atoms. The van der Waals surface area contributed by atoms with Gasteiger partial charge in [0.25, 0.3) is 0 Å². The summed E-state index contributed by atoms with van der Waals surface area (Å²) in [5.41, 5.74) is 10.9. The van der Waals surface area contributed by atoms with Gasteiger partial charge in [-0.1, -0.05) is 0 Å². The minimum atomic E-state index is -0.0810. The van der Waals surface area contributed by atoms with Gasteiger partial charge in [-0.2, -0.15) is 15.0 Å². The van der Waals surface area contributed by atoms with Crippen LogP contribution in [0.2, 0.25) is 0 Å². The summed E-state index contributed by atoms with van der Waals surface area (Å²) in [7, 11) is 0. The van der Waals surface area contributed by atoms with Crippen LogP contribution in [0.25, 0.3) is 0 Å². The summed E-state index contributed by atoms with van der Waals surface area (Å²) >= 11 is 0. The number of hydrogen-bond donors (Lipinski definition) is 2. The van der Waals surface area contributed by atoms with Crippen LogP contribution in [0.5, 0.6) is 0 Å². The van der Waals surface area contributed by atoms with Gasteiger partial charge in [-0.25, -0.2) is 4.98 Å². The Hall–Kier alpha value is -2.51. The van der Waals surface area contributed by atoms with Gasteiger partial charge in [0.2, 0.25) is 17.8 Å². The lowest BCUT2D eigenvalue weighted by Gasteiger charge is -2.04. The van der Waals surface area contributed by atoms with E-state index in [4.69, 9.17) is 11.5 Å². The Morgan fingerprint density at radius 2 is 1.94 bits per heavy atom. The van der Waals surface area contributed by atoms with E-state index in [1.807, 2.05) is 0 Å². The second kappa shape index (κ2) is 4.78. The Balaban J connectivity index is 2.04. The molecule has 0 fully saturated rings. The lowest BCUT2D eigenvalue weighted by atomic mass is 10.3. The average Bonchev–Trinajstić information content (AvgIpc) is 2.71. The largest absolute Gasteiger partial charge is 0.368 e. The molecule has 2 heterocycles. The summed E-state index contributed by atoms with van der Waals surface area (Å²) in [6.45, 7) is 1.76. The maximum Gasteiger partial charge on any atom is 0.232 e. The number of nitrogens with zero attached hydrogens (tertiary/aromatic N) is 5. The fraction of sp³-hybridized carbons (Fsp3) is 0.300. The zero-order valence-electron chi connectivity index (χ0n) is 9.87. The summed E-state index contributed by atoms with van der Waals surface area (Å²) in [5.74, 6) is 1.09. The Morgan fingerprint density at radius 1 is 1.28 bits per heavy atom. The van der Waals surface area contributed by atoms with Gasteiger partial charge in [-0.05, 0) is 6.92 Å². The normalized spacial score (nSPS) is 10.5. The topological polar surface area (TPSA) is 126 Å². The number of rotatable bonds is 3. The molecule has 2 aromatic heterocycles. The summed E-state index contributed by atoms with van der Waals surface area (Å²) in [6.07, 6.45) is 3.80. The molecule has 0 unspecified atom stereocenters. The molecule has 0 atom stereocenters. The molecule has 8 heteroatoms. The van der Waals surface area contributed by atoms with Crippen molar-refractivity contribution in [1.29, 1.82) is 0 Å². The summed E-state index contributed by atoms with van der Waals surface area (Å²) in [5, 5.41) is 0. The Bertz CT molecular complexity index is 557. The second-order valence-electron chi connectivity index (χ2n) is 3.71. The number of aromatic nitrogens is 5. The van der Waals surface area contributed by atoms with Crippen molar-refractivity contribution in [1.82, 2.24) is 24.5 Å². The molecule has 0 aliphatic heterocycles. The van der Waals surface area contributed by atoms with Crippen molar-refractivity contribution in [3.8, 4) is 0 Å². The second-order valence-corrected chi connectivity index (χ2v) is 3.71. The van der Waals surface area contributed by atoms with E-state index in [2.05, 4.69) is 19.9 Å². The molecule has 2 aromatic rings. The van der Waals surface area contributed by atoms with Crippen LogP contribution in [0.1, 0.15) is 22.9 Å². The first kappa shape index (κ1) is 12.0. The van der Waals surface area contributed by atoms with Crippen molar-refractivity contribution in [2.75, 3.05) is 11.5 Å². The van der Waals surface area contributed by atoms with Crippen LogP contribution in [0.3, 0.4) is 0 Å². The van der Waals surface area contributed by atoms with Gasteiger partial charge >= 0.3 is 0 Å². The first-order valence-corrected chi connectivity index (χ1v) is 5.35. The predicted molar refractivity (Wildman–Crippen MR) is 64.6 cm³/mol. The van der Waals surface area contributed by atoms with Crippen LogP contribution in [0, 0.1) is 6.92 Å². The zero-order valence-corrected chi connectivity index (χ0v) is 9.87. The number of hydrogen-bond acceptors (Lipinski definition) is 7. The number of carbonyl (C=O) groups is 1. The number of carbonyl (C=O) groups excluding carboxylic acids is 1. The van der Waals surface area contributed by atoms with Crippen LogP contribution < -0.4 is 11.5 Å². The van der Waals surface area contributed by atoms with Gasteiger partial charge in [0.15, 0.2) is 0 Å². The molecule has 0 spiro atoms. The molecule has 0 aliphatic rings. The number of nitrogens with two attached hydrogens (primary N) is 2. The molecule has 8 nitrogen and oxygen atoms in total. The third-order valence-corrected chi connectivity index (χ3v) is 2.37. The van der Waals surface area contributed by atoms with E-state index in [0.29, 0.717) is 18.1 Å². The van der Waals surface area contributed by atoms with Gasteiger partial charge in [-0.15, -0.1) is 0 Å². The summed E-state index contributed by atoms with van der Waals surface area (Å²) in [6, 6.07) is 0. The Morgan fingerprint density at radius 3 is 2.50 bits per heavy atom. The van der Waals surface area contributed by atoms with Crippen LogP contribution in [0.15, 0.2) is 12.4 Å². The van der Waals surface area contributed by atoms with Gasteiger partial charge in [0, 0.05) is 25.2 Å². The first-order chi connectivity index (χ1) is 8.56. The van der Waals surface area contributed by atoms with E-state index in [9.17, 15) is 4.79 Å². The van der Waals surface area contributed by atoms with Crippen molar-refractivity contribution < 1.29 is 4.79 Å². The molecular formula is C10H13N7O. The van der Waals surface area contributed by atoms with Crippen molar-refractivity contribution in [2.24, 2.45) is 0 Å². The standard InChI is InChI=1S/C10H13N7O/c1-6-13-4-5-17(6)8(18)3-2-7-14-9(11)16-10(12)15-7/h4-5H,2-3H2,1H3,(H4,11,12,14,15,16). The lowest BCUT2D eigenvalue weighted by Crippen LogP contribution is -2.14. The molecule has 0 aromatic carbocycles. The van der Waals surface area contributed by atoms with Crippen molar-refractivity contribution in [3.05, 3.63) is 24.0 Å². The monoisotopic (exact) mass is 247 g/mol. The minimum Gasteiger partial charge on any atom is -0.368 e. The highest BCUT2D eigenvalue weighted by molar-refractivity contribution is 5.79. The highest BCUT2D eigenvalue weighted by atomic mass is 16.2. The Kier molecular flexibility index (Phi) is 3.18. The van der Waals surface area contributed by atoms with Crippen LogP contribution in [-0.2, 0) is 6.42 Å². The van der Waals surface area contributed by atoms with Gasteiger partial charge < -0.3 is 11.5 Å². The van der Waals surface area contributed by atoms with Gasteiger partial charge in [-0.3, -0.25) is 9.36 Å². The van der Waals surface area contributed by atoms with Gasteiger partial charge in [0.05, 0.1) is 0 Å². The zero-order chi connectivity index (χ0) is 13.1. The quantitative estimate of drug-likeness (QED) is 0.769. The predicted octanol–water partition coefficient (Wildman–Crippen LogP) is -0.186. The molecule has 0 saturated carbocycles. The van der Waals surface area contributed by atoms with Crippen LogP contribution in [0.4, 0.5) is 11.9 Å². The van der Waals surface area contributed by atoms with E-state index < -0.39 is 0 Å². The molecule has 0 radical (unpaired) electrons. The molecule has 18 heavy (non-hydrogen) atoms. The highest BCUT2D eigenvalue weighted by Crippen LogP contribution is 2.04. The van der Waals surface area contributed by atoms with E-state index in [0.717, 1.165) is 0 Å². The van der Waals surface area contributed by atoms with Crippen molar-refractivity contribution >= 4 is 17.8 Å². The fourth-order valence-corrected chi connectivity index (χ4v) is 1.55. The summed E-state index contributed by atoms with van der Waals surface area (Å²) in [4.78, 5) is 27.3. The molecule has 0 saturated heterocycles. The maximum absolute atomic E-state index is 11.9. The van der Waals surface area contributed by atoms with Crippen LogP contribution in [-0.4, -0.2) is 30.4 Å². The molecular weight excluding hydrogens is 234 g/mol. The number of anilines is 2. The van der Waals surface area contributed by atoms with Gasteiger partial charge in [0.1, 0.15) is 11.6 Å². The lowest BCUT2D eigenvalue weighted by molar-refractivity contribution is 0.0899. The minimum absolute atomic E-state index is 0.0590. The number of imidazole rings is 1. The maximum atomic E-state index is 11.9. The fourth-order valence-electron chi connectivity index (χ4n) is 1.55. The van der Waals surface area contributed by atoms with Crippen molar-refractivity contribution in [3.63, 3.8) is 0 Å². The number of nitrogen functional groups attached to an aromatic ring is 2. The smallest absolute Gasteiger partial charge is 0.232 e. The molecule has 2 rings (SSSR count). The first-order valence-electron chi connectivity index (χ1n) is 5.35. The average molecular weight is 247 g/mol. The molecule has 94 valence electrons. The third kappa shape index (κ3) is 2.59. The molecule has 0 amide bonds. The molecule has 4 N–H and O–H groups in total. The molecule has 0 aliphatic carbocycles. The Labute approximate surface area is 103 Å². The van der Waals surface area contributed by atoms with E-state index in [1.54, 1.807) is 19.3 Å².